The standard InChI is InChI=1S/C18H26N2O4/c1-3-8-23-16-6-4-5-15(10-16)11-20-7-9-24-17(13-20)12-19(2)14-18(21)22/h3-6,10,17H,1,7-9,11-14H2,2H3,(H,21,22). The molecule has 1 N–H and O–H groups in total. The molecule has 1 aromatic rings. The summed E-state index contributed by atoms with van der Waals surface area (Å²) in [5, 5.41) is 8.84. The summed E-state index contributed by atoms with van der Waals surface area (Å²) in [5.74, 6) is 0.0277. The van der Waals surface area contributed by atoms with Crippen molar-refractivity contribution in [2.45, 2.75) is 12.6 Å². The van der Waals surface area contributed by atoms with Crippen LogP contribution in [-0.2, 0) is 16.1 Å². The number of nitrogens with zero attached hydrogens (tertiary/aromatic N) is 2. The van der Waals surface area contributed by atoms with Gasteiger partial charge in [-0.15, -0.1) is 0 Å². The molecule has 1 aliphatic heterocycles. The quantitative estimate of drug-likeness (QED) is 0.690. The number of hydrogen-bond acceptors (Lipinski definition) is 5. The van der Waals surface area contributed by atoms with Gasteiger partial charge in [-0.25, -0.2) is 0 Å². The van der Waals surface area contributed by atoms with E-state index in [2.05, 4.69) is 17.5 Å². The Balaban J connectivity index is 1.86. The van der Waals surface area contributed by atoms with Crippen LogP contribution in [0.1, 0.15) is 5.56 Å². The van der Waals surface area contributed by atoms with Crippen LogP contribution in [0.2, 0.25) is 0 Å². The van der Waals surface area contributed by atoms with Crippen molar-refractivity contribution in [2.24, 2.45) is 0 Å². The topological polar surface area (TPSA) is 62.2 Å². The van der Waals surface area contributed by atoms with E-state index < -0.39 is 5.97 Å². The van der Waals surface area contributed by atoms with E-state index in [1.807, 2.05) is 18.2 Å². The number of hydrogen-bond donors (Lipinski definition) is 1. The summed E-state index contributed by atoms with van der Waals surface area (Å²) >= 11 is 0. The Hall–Kier alpha value is -1.89. The maximum Gasteiger partial charge on any atom is 0.317 e. The van der Waals surface area contributed by atoms with Gasteiger partial charge in [0, 0.05) is 26.2 Å². The first-order valence-electron chi connectivity index (χ1n) is 8.13. The first-order chi connectivity index (χ1) is 11.6. The van der Waals surface area contributed by atoms with E-state index >= 15 is 0 Å². The molecule has 2 rings (SSSR count). The molecular weight excluding hydrogens is 308 g/mol. The Morgan fingerprint density at radius 2 is 2.42 bits per heavy atom. The molecule has 1 saturated heterocycles. The molecule has 0 aromatic heterocycles. The highest BCUT2D eigenvalue weighted by atomic mass is 16.5. The lowest BCUT2D eigenvalue weighted by atomic mass is 10.1. The fourth-order valence-electron chi connectivity index (χ4n) is 2.82. The van der Waals surface area contributed by atoms with E-state index in [9.17, 15) is 4.79 Å². The normalized spacial score (nSPS) is 18.5. The Labute approximate surface area is 143 Å². The molecule has 6 nitrogen and oxygen atoms in total. The molecule has 0 saturated carbocycles. The van der Waals surface area contributed by atoms with Crippen LogP contribution in [-0.4, -0.2) is 73.4 Å². The molecule has 1 aromatic carbocycles. The van der Waals surface area contributed by atoms with E-state index in [-0.39, 0.29) is 12.6 Å². The highest BCUT2D eigenvalue weighted by molar-refractivity contribution is 5.69. The second kappa shape index (κ2) is 9.42. The zero-order valence-electron chi connectivity index (χ0n) is 14.2. The number of carboxylic acids is 1. The van der Waals surface area contributed by atoms with Gasteiger partial charge in [0.05, 0.1) is 19.3 Å². The molecule has 0 aliphatic carbocycles. The van der Waals surface area contributed by atoms with Crippen molar-refractivity contribution in [1.82, 2.24) is 9.80 Å². The monoisotopic (exact) mass is 334 g/mol. The summed E-state index contributed by atoms with van der Waals surface area (Å²) in [4.78, 5) is 14.9. The van der Waals surface area contributed by atoms with Crippen molar-refractivity contribution in [3.8, 4) is 5.75 Å². The minimum Gasteiger partial charge on any atom is -0.490 e. The van der Waals surface area contributed by atoms with Gasteiger partial charge in [-0.3, -0.25) is 14.6 Å². The largest absolute Gasteiger partial charge is 0.490 e. The molecule has 1 aliphatic rings. The SMILES string of the molecule is C=CCOc1cccc(CN2CCOC(CN(C)CC(=O)O)C2)c1. The van der Waals surface area contributed by atoms with Gasteiger partial charge in [0.2, 0.25) is 0 Å². The summed E-state index contributed by atoms with van der Waals surface area (Å²) in [6.07, 6.45) is 1.76. The number of benzene rings is 1. The fraction of sp³-hybridized carbons (Fsp3) is 0.500. The molecule has 1 heterocycles. The van der Waals surface area contributed by atoms with Gasteiger partial charge in [0.1, 0.15) is 12.4 Å². The van der Waals surface area contributed by atoms with Crippen LogP contribution in [0, 0.1) is 0 Å². The molecule has 1 atom stereocenters. The predicted molar refractivity (Wildman–Crippen MR) is 92.3 cm³/mol. The first-order valence-corrected chi connectivity index (χ1v) is 8.13. The molecule has 132 valence electrons. The Morgan fingerprint density at radius 3 is 3.17 bits per heavy atom. The van der Waals surface area contributed by atoms with E-state index in [1.54, 1.807) is 18.0 Å². The first kappa shape index (κ1) is 18.4. The van der Waals surface area contributed by atoms with Crippen molar-refractivity contribution >= 4 is 5.97 Å². The number of aliphatic carboxylic acids is 1. The van der Waals surface area contributed by atoms with E-state index in [0.717, 1.165) is 25.4 Å². The highest BCUT2D eigenvalue weighted by Gasteiger charge is 2.22. The third kappa shape index (κ3) is 6.31. The van der Waals surface area contributed by atoms with Crippen LogP contribution < -0.4 is 4.74 Å². The minimum atomic E-state index is -0.818. The van der Waals surface area contributed by atoms with Gasteiger partial charge in [-0.05, 0) is 24.7 Å². The van der Waals surface area contributed by atoms with Crippen LogP contribution in [0.15, 0.2) is 36.9 Å². The van der Waals surface area contributed by atoms with Gasteiger partial charge < -0.3 is 14.6 Å². The maximum atomic E-state index is 10.8. The van der Waals surface area contributed by atoms with Gasteiger partial charge in [-0.2, -0.15) is 0 Å². The molecule has 0 radical (unpaired) electrons. The highest BCUT2D eigenvalue weighted by Crippen LogP contribution is 2.17. The zero-order valence-corrected chi connectivity index (χ0v) is 14.2. The third-order valence-corrected chi connectivity index (χ3v) is 3.82. The summed E-state index contributed by atoms with van der Waals surface area (Å²) in [6, 6.07) is 8.06. The molecule has 0 amide bonds. The molecule has 6 heteroatoms. The molecule has 0 bridgehead atoms. The van der Waals surface area contributed by atoms with Gasteiger partial charge in [-0.1, -0.05) is 24.8 Å². The Morgan fingerprint density at radius 1 is 1.58 bits per heavy atom. The average molecular weight is 334 g/mol. The molecular formula is C18H26N2O4. The van der Waals surface area contributed by atoms with Crippen molar-refractivity contribution in [3.05, 3.63) is 42.5 Å². The van der Waals surface area contributed by atoms with Crippen LogP contribution in [0.4, 0.5) is 0 Å². The number of likely N-dealkylation sites (N-methyl/N-ethyl adjacent to an activating group) is 1. The Bertz CT molecular complexity index is 550. The van der Waals surface area contributed by atoms with Crippen molar-refractivity contribution in [2.75, 3.05) is 46.4 Å². The zero-order chi connectivity index (χ0) is 17.4. The maximum absolute atomic E-state index is 10.8. The lowest BCUT2D eigenvalue weighted by Crippen LogP contribution is -2.47. The van der Waals surface area contributed by atoms with E-state index in [1.165, 1.54) is 5.56 Å². The third-order valence-electron chi connectivity index (χ3n) is 3.82. The van der Waals surface area contributed by atoms with Gasteiger partial charge >= 0.3 is 5.97 Å². The average Bonchev–Trinajstić information content (AvgIpc) is 2.53. The minimum absolute atomic E-state index is 0.0303. The smallest absolute Gasteiger partial charge is 0.317 e. The lowest BCUT2D eigenvalue weighted by Gasteiger charge is -2.34. The van der Waals surface area contributed by atoms with E-state index in [4.69, 9.17) is 14.6 Å². The second-order valence-corrected chi connectivity index (χ2v) is 6.07. The lowest BCUT2D eigenvalue weighted by molar-refractivity contribution is -0.138. The molecule has 24 heavy (non-hydrogen) atoms. The predicted octanol–water partition coefficient (Wildman–Crippen LogP) is 1.47. The number of carboxylic acid groups (broad SMARTS) is 1. The molecule has 1 fully saturated rings. The number of morpholine rings is 1. The van der Waals surface area contributed by atoms with Crippen LogP contribution in [0.3, 0.4) is 0 Å². The van der Waals surface area contributed by atoms with Crippen molar-refractivity contribution in [3.63, 3.8) is 0 Å². The van der Waals surface area contributed by atoms with Crippen LogP contribution in [0.25, 0.3) is 0 Å². The summed E-state index contributed by atoms with van der Waals surface area (Å²) < 4.78 is 11.3. The second-order valence-electron chi connectivity index (χ2n) is 6.07. The summed E-state index contributed by atoms with van der Waals surface area (Å²) in [5.41, 5.74) is 1.19. The van der Waals surface area contributed by atoms with E-state index in [0.29, 0.717) is 19.8 Å². The van der Waals surface area contributed by atoms with Crippen molar-refractivity contribution in [1.29, 1.82) is 0 Å². The number of rotatable bonds is 9. The van der Waals surface area contributed by atoms with Gasteiger partial charge in [0.15, 0.2) is 0 Å². The van der Waals surface area contributed by atoms with Crippen LogP contribution in [0.5, 0.6) is 5.75 Å². The Kier molecular flexibility index (Phi) is 7.24. The van der Waals surface area contributed by atoms with Gasteiger partial charge in [0.25, 0.3) is 0 Å². The molecule has 1 unspecified atom stereocenters. The number of ether oxygens (including phenoxy) is 2. The summed E-state index contributed by atoms with van der Waals surface area (Å²) in [6.45, 7) is 7.96. The van der Waals surface area contributed by atoms with Crippen LogP contribution >= 0.6 is 0 Å². The van der Waals surface area contributed by atoms with Crippen molar-refractivity contribution < 1.29 is 19.4 Å². The molecule has 0 spiro atoms. The number of carbonyl (C=O) groups is 1. The summed E-state index contributed by atoms with van der Waals surface area (Å²) in [7, 11) is 1.80. The fourth-order valence-corrected chi connectivity index (χ4v) is 2.82.